The van der Waals surface area contributed by atoms with Crippen LogP contribution in [0.3, 0.4) is 0 Å². The van der Waals surface area contributed by atoms with Crippen LogP contribution in [-0.4, -0.2) is 5.91 Å². The maximum atomic E-state index is 11.3. The van der Waals surface area contributed by atoms with Crippen molar-refractivity contribution >= 4 is 17.3 Å². The zero-order valence-corrected chi connectivity index (χ0v) is 11.7. The fourth-order valence-corrected chi connectivity index (χ4v) is 2.08. The first kappa shape index (κ1) is 13.9. The molecular weight excluding hydrogens is 250 g/mol. The quantitative estimate of drug-likeness (QED) is 0.746. The van der Waals surface area contributed by atoms with Gasteiger partial charge in [-0.05, 0) is 31.5 Å². The molecule has 0 aromatic heterocycles. The normalized spacial score (nSPS) is 11.9. The number of hydrogen-bond acceptors (Lipinski definition) is 3. The Morgan fingerprint density at radius 1 is 1.15 bits per heavy atom. The van der Waals surface area contributed by atoms with Crippen LogP contribution in [0.2, 0.25) is 0 Å². The Bertz CT molecular complexity index is 620. The number of nitrogen functional groups attached to an aromatic ring is 1. The first-order valence-corrected chi connectivity index (χ1v) is 6.50. The van der Waals surface area contributed by atoms with Crippen LogP contribution in [0.4, 0.5) is 11.4 Å². The Hall–Kier alpha value is -2.49. The molecule has 0 aliphatic carbocycles. The average molecular weight is 269 g/mol. The van der Waals surface area contributed by atoms with Gasteiger partial charge in [-0.15, -0.1) is 0 Å². The van der Waals surface area contributed by atoms with Gasteiger partial charge in [-0.1, -0.05) is 35.9 Å². The molecule has 0 aliphatic rings. The molecule has 104 valence electrons. The largest absolute Gasteiger partial charge is 0.396 e. The van der Waals surface area contributed by atoms with Crippen molar-refractivity contribution in [2.24, 2.45) is 5.73 Å². The number of hydrogen-bond donors (Lipinski definition) is 3. The highest BCUT2D eigenvalue weighted by atomic mass is 16.1. The molecule has 0 aliphatic heterocycles. The number of nitrogens with one attached hydrogen (secondary N) is 1. The molecule has 0 saturated carbocycles. The Morgan fingerprint density at radius 3 is 2.40 bits per heavy atom. The summed E-state index contributed by atoms with van der Waals surface area (Å²) in [6.45, 7) is 4.09. The molecule has 1 amide bonds. The van der Waals surface area contributed by atoms with Crippen LogP contribution in [-0.2, 0) is 0 Å². The lowest BCUT2D eigenvalue weighted by Gasteiger charge is -2.18. The molecule has 0 radical (unpaired) electrons. The van der Waals surface area contributed by atoms with Crippen molar-refractivity contribution in [3.05, 3.63) is 59.2 Å². The van der Waals surface area contributed by atoms with E-state index in [4.69, 9.17) is 11.5 Å². The van der Waals surface area contributed by atoms with Crippen molar-refractivity contribution in [1.29, 1.82) is 0 Å². The Balaban J connectivity index is 2.23. The molecule has 0 heterocycles. The highest BCUT2D eigenvalue weighted by molar-refractivity contribution is 6.00. The van der Waals surface area contributed by atoms with E-state index in [-0.39, 0.29) is 6.04 Å². The van der Waals surface area contributed by atoms with Crippen LogP contribution in [0.15, 0.2) is 42.5 Å². The fourth-order valence-electron chi connectivity index (χ4n) is 2.08. The molecule has 1 atom stereocenters. The second-order valence-corrected chi connectivity index (χ2v) is 4.91. The lowest BCUT2D eigenvalue weighted by Crippen LogP contribution is -2.15. The van der Waals surface area contributed by atoms with E-state index >= 15 is 0 Å². The third-order valence-corrected chi connectivity index (χ3v) is 3.32. The summed E-state index contributed by atoms with van der Waals surface area (Å²) in [5.74, 6) is -0.519. The number of aryl methyl sites for hydroxylation is 1. The SMILES string of the molecule is Cc1ccc(C(C)Nc2cccc(C(N)=O)c2N)cc1. The Labute approximate surface area is 118 Å². The summed E-state index contributed by atoms with van der Waals surface area (Å²) in [5.41, 5.74) is 15.1. The average Bonchev–Trinajstić information content (AvgIpc) is 2.41. The molecule has 1 unspecified atom stereocenters. The lowest BCUT2D eigenvalue weighted by molar-refractivity contribution is 0.100. The van der Waals surface area contributed by atoms with Gasteiger partial charge in [-0.3, -0.25) is 4.79 Å². The maximum absolute atomic E-state index is 11.3. The van der Waals surface area contributed by atoms with E-state index in [1.54, 1.807) is 12.1 Å². The fraction of sp³-hybridized carbons (Fsp3) is 0.188. The molecule has 2 aromatic carbocycles. The standard InChI is InChI=1S/C16H19N3O/c1-10-6-8-12(9-7-10)11(2)19-14-5-3-4-13(15(14)17)16(18)20/h3-9,11,19H,17H2,1-2H3,(H2,18,20). The minimum Gasteiger partial charge on any atom is -0.396 e. The predicted molar refractivity (Wildman–Crippen MR) is 82.6 cm³/mol. The number of rotatable bonds is 4. The summed E-state index contributed by atoms with van der Waals surface area (Å²) in [5, 5.41) is 3.31. The molecule has 0 saturated heterocycles. The number of amides is 1. The molecule has 4 heteroatoms. The molecular formula is C16H19N3O. The van der Waals surface area contributed by atoms with E-state index in [9.17, 15) is 4.79 Å². The number of nitrogens with two attached hydrogens (primary N) is 2. The van der Waals surface area contributed by atoms with E-state index in [1.165, 1.54) is 5.56 Å². The van der Waals surface area contributed by atoms with Gasteiger partial charge >= 0.3 is 0 Å². The summed E-state index contributed by atoms with van der Waals surface area (Å²) < 4.78 is 0. The van der Waals surface area contributed by atoms with E-state index in [0.717, 1.165) is 11.3 Å². The van der Waals surface area contributed by atoms with Crippen molar-refractivity contribution in [2.75, 3.05) is 11.1 Å². The van der Waals surface area contributed by atoms with Gasteiger partial charge in [0.2, 0.25) is 0 Å². The monoisotopic (exact) mass is 269 g/mol. The van der Waals surface area contributed by atoms with Crippen LogP contribution >= 0.6 is 0 Å². The highest BCUT2D eigenvalue weighted by Crippen LogP contribution is 2.26. The first-order valence-electron chi connectivity index (χ1n) is 6.50. The van der Waals surface area contributed by atoms with Crippen molar-refractivity contribution in [3.63, 3.8) is 0 Å². The van der Waals surface area contributed by atoms with Gasteiger partial charge in [0.1, 0.15) is 0 Å². The molecule has 2 aromatic rings. The molecule has 0 fully saturated rings. The van der Waals surface area contributed by atoms with Gasteiger partial charge in [0.05, 0.1) is 16.9 Å². The van der Waals surface area contributed by atoms with Crippen LogP contribution in [0.25, 0.3) is 0 Å². The molecule has 0 spiro atoms. The smallest absolute Gasteiger partial charge is 0.250 e. The molecule has 0 bridgehead atoms. The van der Waals surface area contributed by atoms with Gasteiger partial charge in [-0.25, -0.2) is 0 Å². The van der Waals surface area contributed by atoms with Crippen LogP contribution in [0.1, 0.15) is 34.5 Å². The van der Waals surface area contributed by atoms with Crippen molar-refractivity contribution in [3.8, 4) is 0 Å². The topological polar surface area (TPSA) is 81.1 Å². The zero-order chi connectivity index (χ0) is 14.7. The van der Waals surface area contributed by atoms with Gasteiger partial charge in [0, 0.05) is 6.04 Å². The molecule has 2 rings (SSSR count). The van der Waals surface area contributed by atoms with Gasteiger partial charge in [-0.2, -0.15) is 0 Å². The summed E-state index contributed by atoms with van der Waals surface area (Å²) in [7, 11) is 0. The maximum Gasteiger partial charge on any atom is 0.250 e. The lowest BCUT2D eigenvalue weighted by atomic mass is 10.1. The van der Waals surface area contributed by atoms with Crippen LogP contribution < -0.4 is 16.8 Å². The Kier molecular flexibility index (Phi) is 3.94. The third-order valence-electron chi connectivity index (χ3n) is 3.32. The van der Waals surface area contributed by atoms with Crippen molar-refractivity contribution in [1.82, 2.24) is 0 Å². The second-order valence-electron chi connectivity index (χ2n) is 4.91. The minimum absolute atomic E-state index is 0.0843. The van der Waals surface area contributed by atoms with E-state index in [0.29, 0.717) is 11.3 Å². The second kappa shape index (κ2) is 5.65. The molecule has 4 nitrogen and oxygen atoms in total. The van der Waals surface area contributed by atoms with Crippen molar-refractivity contribution < 1.29 is 4.79 Å². The first-order chi connectivity index (χ1) is 9.49. The number of para-hydroxylation sites is 1. The van der Waals surface area contributed by atoms with Crippen LogP contribution in [0.5, 0.6) is 0 Å². The predicted octanol–water partition coefficient (Wildman–Crippen LogP) is 2.85. The number of benzene rings is 2. The van der Waals surface area contributed by atoms with E-state index < -0.39 is 5.91 Å². The number of anilines is 2. The summed E-state index contributed by atoms with van der Waals surface area (Å²) >= 11 is 0. The van der Waals surface area contributed by atoms with E-state index in [2.05, 4.69) is 36.5 Å². The third kappa shape index (κ3) is 2.91. The number of carbonyl (C=O) groups excluding carboxylic acids is 1. The Morgan fingerprint density at radius 2 is 1.80 bits per heavy atom. The summed E-state index contributed by atoms with van der Waals surface area (Å²) in [6.07, 6.45) is 0. The highest BCUT2D eigenvalue weighted by Gasteiger charge is 2.12. The van der Waals surface area contributed by atoms with Gasteiger partial charge in [0.15, 0.2) is 0 Å². The molecule has 5 N–H and O–H groups in total. The minimum atomic E-state index is -0.519. The number of primary amides is 1. The number of carbonyl (C=O) groups is 1. The van der Waals surface area contributed by atoms with E-state index in [1.807, 2.05) is 13.0 Å². The van der Waals surface area contributed by atoms with Gasteiger partial charge < -0.3 is 16.8 Å². The van der Waals surface area contributed by atoms with Crippen LogP contribution in [0, 0.1) is 6.92 Å². The van der Waals surface area contributed by atoms with Crippen molar-refractivity contribution in [2.45, 2.75) is 19.9 Å². The molecule has 20 heavy (non-hydrogen) atoms. The van der Waals surface area contributed by atoms with Gasteiger partial charge in [0.25, 0.3) is 5.91 Å². The zero-order valence-electron chi connectivity index (χ0n) is 11.7. The summed E-state index contributed by atoms with van der Waals surface area (Å²) in [6, 6.07) is 13.6. The summed E-state index contributed by atoms with van der Waals surface area (Å²) in [4.78, 5) is 11.3.